The summed E-state index contributed by atoms with van der Waals surface area (Å²) in [5.41, 5.74) is 0. The smallest absolute Gasteiger partial charge is 0.462 e. The summed E-state index contributed by atoms with van der Waals surface area (Å²) in [6, 6.07) is 0. The van der Waals surface area contributed by atoms with Crippen LogP contribution in [0.25, 0.3) is 0 Å². The largest absolute Gasteiger partial charge is 0.472 e. The molecular weight excluding hydrogens is 1150 g/mol. The van der Waals surface area contributed by atoms with Gasteiger partial charge in [-0.15, -0.1) is 0 Å². The Hall–Kier alpha value is -1.94. The van der Waals surface area contributed by atoms with Crippen molar-refractivity contribution in [2.24, 2.45) is 23.7 Å². The Balaban J connectivity index is 5.19. The molecule has 0 aliphatic carbocycles. The van der Waals surface area contributed by atoms with Crippen molar-refractivity contribution < 1.29 is 80.2 Å². The lowest BCUT2D eigenvalue weighted by atomic mass is 10.0. The molecular formula is C68H132O17P2. The molecule has 87 heavy (non-hydrogen) atoms. The highest BCUT2D eigenvalue weighted by Crippen LogP contribution is 2.45. The van der Waals surface area contributed by atoms with Gasteiger partial charge in [0.1, 0.15) is 19.3 Å². The molecule has 0 saturated carbocycles. The summed E-state index contributed by atoms with van der Waals surface area (Å²) < 4.78 is 68.1. The highest BCUT2D eigenvalue weighted by atomic mass is 31.2. The number of hydrogen-bond acceptors (Lipinski definition) is 15. The highest BCUT2D eigenvalue weighted by molar-refractivity contribution is 7.47. The van der Waals surface area contributed by atoms with Gasteiger partial charge in [-0.3, -0.25) is 37.3 Å². The van der Waals surface area contributed by atoms with Crippen LogP contribution in [0.5, 0.6) is 0 Å². The van der Waals surface area contributed by atoms with Gasteiger partial charge >= 0.3 is 39.5 Å². The monoisotopic (exact) mass is 1280 g/mol. The second-order valence-electron chi connectivity index (χ2n) is 26.5. The number of aliphatic hydroxyl groups is 1. The molecule has 0 heterocycles. The summed E-state index contributed by atoms with van der Waals surface area (Å²) >= 11 is 0. The van der Waals surface area contributed by atoms with Gasteiger partial charge in [-0.1, -0.05) is 280 Å². The number of unbranched alkanes of at least 4 members (excludes halogenated alkanes) is 31. The normalized spacial score (nSPS) is 14.3. The van der Waals surface area contributed by atoms with Crippen LogP contribution in [0.1, 0.15) is 331 Å². The first kappa shape index (κ1) is 85.1. The third kappa shape index (κ3) is 62.6. The summed E-state index contributed by atoms with van der Waals surface area (Å²) in [6.45, 7) is 13.9. The minimum Gasteiger partial charge on any atom is -0.462 e. The van der Waals surface area contributed by atoms with Gasteiger partial charge in [0, 0.05) is 25.7 Å². The van der Waals surface area contributed by atoms with Gasteiger partial charge in [0.2, 0.25) is 0 Å². The predicted molar refractivity (Wildman–Crippen MR) is 349 cm³/mol. The molecule has 0 aromatic carbocycles. The summed E-state index contributed by atoms with van der Waals surface area (Å²) in [7, 11) is -9.89. The molecule has 3 unspecified atom stereocenters. The molecule has 0 bridgehead atoms. The van der Waals surface area contributed by atoms with Crippen LogP contribution in [0, 0.1) is 23.7 Å². The Bertz CT molecular complexity index is 1730. The zero-order chi connectivity index (χ0) is 64.7. The molecule has 0 fully saturated rings. The van der Waals surface area contributed by atoms with Crippen LogP contribution < -0.4 is 0 Å². The van der Waals surface area contributed by atoms with E-state index in [-0.39, 0.29) is 25.7 Å². The van der Waals surface area contributed by atoms with E-state index in [2.05, 4.69) is 55.4 Å². The fourth-order valence-electron chi connectivity index (χ4n) is 10.1. The molecule has 19 heteroatoms. The Morgan fingerprint density at radius 2 is 0.483 bits per heavy atom. The van der Waals surface area contributed by atoms with Crippen molar-refractivity contribution in [2.45, 2.75) is 350 Å². The van der Waals surface area contributed by atoms with E-state index in [1.54, 1.807) is 0 Å². The van der Waals surface area contributed by atoms with E-state index in [0.29, 0.717) is 43.4 Å². The standard InChI is InChI=1S/C68H132O17P2/c1-58(2)44-36-28-20-16-14-12-10-9-11-13-15-17-23-34-42-50-67(72)84-63(54-78-65(70)48-40-32-24-18-21-29-37-45-59(3)4)56-82-86(74,75)80-52-62(69)53-81-87(76,77)83-57-64(85-68(73)51-43-35-27-26-31-39-47-61(7)8)55-79-66(71)49-41-33-25-19-22-30-38-46-60(5)6/h58-64,69H,9-57H2,1-8H3,(H,74,75)(H,76,77)/t62?,63-,64-/m1/s1. The first-order chi connectivity index (χ1) is 41.6. The van der Waals surface area contributed by atoms with Crippen molar-refractivity contribution in [3.8, 4) is 0 Å². The van der Waals surface area contributed by atoms with Crippen LogP contribution in [0.2, 0.25) is 0 Å². The fraction of sp³-hybridized carbons (Fsp3) is 0.941. The van der Waals surface area contributed by atoms with Gasteiger partial charge in [0.25, 0.3) is 0 Å². The molecule has 17 nitrogen and oxygen atoms in total. The van der Waals surface area contributed by atoms with Gasteiger partial charge < -0.3 is 33.8 Å². The minimum atomic E-state index is -4.95. The van der Waals surface area contributed by atoms with Gasteiger partial charge in [-0.25, -0.2) is 9.13 Å². The summed E-state index contributed by atoms with van der Waals surface area (Å²) in [4.78, 5) is 72.3. The topological polar surface area (TPSA) is 237 Å². The summed E-state index contributed by atoms with van der Waals surface area (Å²) in [6.07, 6.45) is 39.4. The zero-order valence-electron chi connectivity index (χ0n) is 56.6. The van der Waals surface area contributed by atoms with Crippen molar-refractivity contribution in [1.29, 1.82) is 0 Å². The summed E-state index contributed by atoms with van der Waals surface area (Å²) in [5.74, 6) is 0.744. The van der Waals surface area contributed by atoms with Crippen molar-refractivity contribution in [2.75, 3.05) is 39.6 Å². The molecule has 5 atom stereocenters. The van der Waals surface area contributed by atoms with E-state index in [1.165, 1.54) is 122 Å². The lowest BCUT2D eigenvalue weighted by Crippen LogP contribution is -2.30. The Morgan fingerprint density at radius 3 is 0.713 bits per heavy atom. The third-order valence-corrected chi connectivity index (χ3v) is 17.5. The average molecular weight is 1280 g/mol. The second-order valence-corrected chi connectivity index (χ2v) is 29.4. The maximum absolute atomic E-state index is 13.0. The zero-order valence-corrected chi connectivity index (χ0v) is 58.4. The number of carbonyl (C=O) groups is 4. The van der Waals surface area contributed by atoms with Crippen LogP contribution in [0.4, 0.5) is 0 Å². The maximum Gasteiger partial charge on any atom is 0.472 e. The molecule has 3 N–H and O–H groups in total. The SMILES string of the molecule is CC(C)CCCCCCCCCCCCCCCCCC(=O)O[C@H](COC(=O)CCCCCCCCCC(C)C)COP(=O)(O)OCC(O)COP(=O)(O)OC[C@@H](COC(=O)CCCCCCCCCC(C)C)OC(=O)CCCCCCCCC(C)C. The number of carbonyl (C=O) groups excluding carboxylic acids is 4. The number of ether oxygens (including phenoxy) is 4. The Labute approximate surface area is 530 Å². The van der Waals surface area contributed by atoms with E-state index >= 15 is 0 Å². The molecule has 0 amide bonds. The number of rotatable bonds is 65. The van der Waals surface area contributed by atoms with E-state index in [1.807, 2.05) is 0 Å². The molecule has 0 aromatic heterocycles. The fourth-order valence-corrected chi connectivity index (χ4v) is 11.7. The van der Waals surface area contributed by atoms with Crippen LogP contribution in [0.15, 0.2) is 0 Å². The number of aliphatic hydroxyl groups excluding tert-OH is 1. The van der Waals surface area contributed by atoms with Gasteiger partial charge in [-0.05, 0) is 49.4 Å². The van der Waals surface area contributed by atoms with E-state index in [4.69, 9.17) is 37.0 Å². The van der Waals surface area contributed by atoms with Crippen molar-refractivity contribution in [1.82, 2.24) is 0 Å². The number of phosphoric ester groups is 2. The van der Waals surface area contributed by atoms with E-state index < -0.39 is 97.5 Å². The molecule has 0 aromatic rings. The summed E-state index contributed by atoms with van der Waals surface area (Å²) in [5, 5.41) is 10.6. The Kier molecular flexibility index (Phi) is 56.6. The van der Waals surface area contributed by atoms with Crippen LogP contribution in [-0.4, -0.2) is 96.7 Å². The van der Waals surface area contributed by atoms with Crippen LogP contribution >= 0.6 is 15.6 Å². The third-order valence-electron chi connectivity index (χ3n) is 15.6. The van der Waals surface area contributed by atoms with Gasteiger partial charge in [0.15, 0.2) is 12.2 Å². The van der Waals surface area contributed by atoms with Crippen LogP contribution in [-0.2, 0) is 65.4 Å². The van der Waals surface area contributed by atoms with Crippen molar-refractivity contribution >= 4 is 39.5 Å². The number of hydrogen-bond donors (Lipinski definition) is 3. The van der Waals surface area contributed by atoms with E-state index in [0.717, 1.165) is 109 Å². The van der Waals surface area contributed by atoms with E-state index in [9.17, 15) is 43.2 Å². The molecule has 516 valence electrons. The molecule has 0 aliphatic heterocycles. The highest BCUT2D eigenvalue weighted by Gasteiger charge is 2.30. The van der Waals surface area contributed by atoms with Gasteiger partial charge in [-0.2, -0.15) is 0 Å². The lowest BCUT2D eigenvalue weighted by molar-refractivity contribution is -0.161. The van der Waals surface area contributed by atoms with Crippen molar-refractivity contribution in [3.63, 3.8) is 0 Å². The number of esters is 4. The second kappa shape index (κ2) is 57.9. The molecule has 0 rings (SSSR count). The Morgan fingerprint density at radius 1 is 0.287 bits per heavy atom. The number of phosphoric acid groups is 2. The molecule has 0 radical (unpaired) electrons. The molecule has 0 spiro atoms. The molecule has 0 saturated heterocycles. The van der Waals surface area contributed by atoms with Crippen molar-refractivity contribution in [3.05, 3.63) is 0 Å². The van der Waals surface area contributed by atoms with Gasteiger partial charge in [0.05, 0.1) is 26.4 Å². The first-order valence-electron chi connectivity index (χ1n) is 35.2. The lowest BCUT2D eigenvalue weighted by Gasteiger charge is -2.21. The molecule has 0 aliphatic rings. The maximum atomic E-state index is 13.0. The predicted octanol–water partition coefficient (Wildman–Crippen LogP) is 18.9. The van der Waals surface area contributed by atoms with Crippen LogP contribution in [0.3, 0.4) is 0 Å². The minimum absolute atomic E-state index is 0.101. The first-order valence-corrected chi connectivity index (χ1v) is 38.2. The quantitative estimate of drug-likeness (QED) is 0.0222. The average Bonchev–Trinajstić information content (AvgIpc) is 3.61.